The molecule has 8 heteroatoms. The molecule has 1 saturated heterocycles. The Hall–Kier alpha value is -2.51. The van der Waals surface area contributed by atoms with Crippen LogP contribution in [0.1, 0.15) is 22.5 Å². The average molecular weight is 340 g/mol. The summed E-state index contributed by atoms with van der Waals surface area (Å²) >= 11 is 0. The molecule has 1 aliphatic heterocycles. The van der Waals surface area contributed by atoms with Gasteiger partial charge in [0, 0.05) is 29.7 Å². The number of carboxylic acids is 1. The van der Waals surface area contributed by atoms with Crippen LogP contribution < -0.4 is 0 Å². The van der Waals surface area contributed by atoms with Crippen LogP contribution in [-0.4, -0.2) is 46.1 Å². The van der Waals surface area contributed by atoms with E-state index in [0.717, 1.165) is 4.90 Å². The smallest absolute Gasteiger partial charge is 0.406 e. The zero-order valence-corrected chi connectivity index (χ0v) is 12.8. The van der Waals surface area contributed by atoms with E-state index in [9.17, 15) is 22.8 Å². The fraction of sp³-hybridized carbons (Fsp3) is 0.375. The lowest BCUT2D eigenvalue weighted by molar-refractivity contribution is -0.227. The lowest BCUT2D eigenvalue weighted by Gasteiger charge is -2.27. The molecule has 0 radical (unpaired) electrons. The van der Waals surface area contributed by atoms with Crippen molar-refractivity contribution in [3.05, 3.63) is 35.5 Å². The molecule has 2 heterocycles. The third kappa shape index (κ3) is 2.24. The van der Waals surface area contributed by atoms with Gasteiger partial charge in [0.2, 0.25) is 0 Å². The summed E-state index contributed by atoms with van der Waals surface area (Å²) in [5.41, 5.74) is -1.37. The number of nitrogens with one attached hydrogen (secondary N) is 1. The molecule has 0 bridgehead atoms. The number of carboxylic acid groups (broad SMARTS) is 1. The summed E-state index contributed by atoms with van der Waals surface area (Å²) in [5.74, 6) is -2.53. The van der Waals surface area contributed by atoms with Crippen LogP contribution in [-0.2, 0) is 4.79 Å². The second-order valence-electron chi connectivity index (χ2n) is 6.03. The monoisotopic (exact) mass is 340 g/mol. The highest BCUT2D eigenvalue weighted by atomic mass is 19.4. The van der Waals surface area contributed by atoms with E-state index in [-0.39, 0.29) is 12.1 Å². The van der Waals surface area contributed by atoms with E-state index in [4.69, 9.17) is 5.11 Å². The number of rotatable bonds is 2. The number of carbonyl (C=O) groups is 2. The number of para-hydroxylation sites is 1. The van der Waals surface area contributed by atoms with E-state index >= 15 is 0 Å². The predicted octanol–water partition coefficient (Wildman–Crippen LogP) is 2.96. The Balaban J connectivity index is 1.97. The largest absolute Gasteiger partial charge is 0.481 e. The maximum atomic E-state index is 13.3. The van der Waals surface area contributed by atoms with Gasteiger partial charge in [0.25, 0.3) is 5.91 Å². The second kappa shape index (κ2) is 5.25. The van der Waals surface area contributed by atoms with E-state index < -0.39 is 36.4 Å². The van der Waals surface area contributed by atoms with Crippen LogP contribution in [0.4, 0.5) is 13.2 Å². The minimum atomic E-state index is -4.91. The number of aromatic amines is 1. The van der Waals surface area contributed by atoms with Crippen LogP contribution in [0.3, 0.4) is 0 Å². The minimum Gasteiger partial charge on any atom is -0.481 e. The van der Waals surface area contributed by atoms with Crippen molar-refractivity contribution in [1.29, 1.82) is 0 Å². The number of fused-ring (bicyclic) bond motifs is 1. The highest BCUT2D eigenvalue weighted by molar-refractivity contribution is 6.08. The first-order valence-electron chi connectivity index (χ1n) is 7.34. The molecule has 24 heavy (non-hydrogen) atoms. The summed E-state index contributed by atoms with van der Waals surface area (Å²) in [6, 6.07) is 6.98. The van der Waals surface area contributed by atoms with Gasteiger partial charge in [-0.2, -0.15) is 13.2 Å². The SMILES string of the molecule is Cc1[nH]c2ccccc2c1C(=O)N1CCC(C(=O)O)(C(F)(F)F)C1. The molecule has 1 unspecified atom stereocenters. The fourth-order valence-corrected chi connectivity index (χ4v) is 3.22. The van der Waals surface area contributed by atoms with Crippen molar-refractivity contribution in [2.45, 2.75) is 19.5 Å². The van der Waals surface area contributed by atoms with E-state index in [1.807, 2.05) is 0 Å². The van der Waals surface area contributed by atoms with Crippen molar-refractivity contribution >= 4 is 22.8 Å². The first-order valence-corrected chi connectivity index (χ1v) is 7.34. The third-order valence-electron chi connectivity index (χ3n) is 4.62. The number of aryl methyl sites for hydroxylation is 1. The molecule has 1 amide bonds. The van der Waals surface area contributed by atoms with Gasteiger partial charge in [-0.15, -0.1) is 0 Å². The normalized spacial score (nSPS) is 21.4. The predicted molar refractivity (Wildman–Crippen MR) is 79.7 cm³/mol. The number of benzene rings is 1. The number of H-pyrrole nitrogens is 1. The van der Waals surface area contributed by atoms with Gasteiger partial charge in [-0.25, -0.2) is 0 Å². The number of carbonyl (C=O) groups excluding carboxylic acids is 1. The van der Waals surface area contributed by atoms with Crippen LogP contribution in [0.25, 0.3) is 10.9 Å². The number of aliphatic carboxylic acids is 1. The number of aromatic nitrogens is 1. The first kappa shape index (κ1) is 16.4. The molecule has 1 aliphatic rings. The van der Waals surface area contributed by atoms with Crippen molar-refractivity contribution in [3.8, 4) is 0 Å². The van der Waals surface area contributed by atoms with Gasteiger partial charge in [0.05, 0.1) is 5.56 Å². The third-order valence-corrected chi connectivity index (χ3v) is 4.62. The van der Waals surface area contributed by atoms with Crippen molar-refractivity contribution < 1.29 is 27.9 Å². The Morgan fingerprint density at radius 3 is 2.54 bits per heavy atom. The van der Waals surface area contributed by atoms with E-state index in [2.05, 4.69) is 4.98 Å². The summed E-state index contributed by atoms with van der Waals surface area (Å²) in [6.07, 6.45) is -5.55. The van der Waals surface area contributed by atoms with Crippen molar-refractivity contribution in [2.75, 3.05) is 13.1 Å². The maximum Gasteiger partial charge on any atom is 0.406 e. The maximum absolute atomic E-state index is 13.3. The summed E-state index contributed by atoms with van der Waals surface area (Å²) in [5, 5.41) is 9.70. The molecule has 1 atom stereocenters. The molecule has 2 aromatic rings. The van der Waals surface area contributed by atoms with Crippen molar-refractivity contribution in [3.63, 3.8) is 0 Å². The van der Waals surface area contributed by atoms with E-state index in [1.54, 1.807) is 31.2 Å². The lowest BCUT2D eigenvalue weighted by Crippen LogP contribution is -2.47. The number of nitrogens with zero attached hydrogens (tertiary/aromatic N) is 1. The topological polar surface area (TPSA) is 73.4 Å². The quantitative estimate of drug-likeness (QED) is 0.883. The van der Waals surface area contributed by atoms with Gasteiger partial charge in [0.15, 0.2) is 5.41 Å². The molecule has 3 rings (SSSR count). The molecule has 0 spiro atoms. The zero-order valence-electron chi connectivity index (χ0n) is 12.8. The number of alkyl halides is 3. The Labute approximate surface area is 135 Å². The minimum absolute atomic E-state index is 0.246. The Morgan fingerprint density at radius 1 is 1.29 bits per heavy atom. The van der Waals surface area contributed by atoms with Crippen LogP contribution >= 0.6 is 0 Å². The Kier molecular flexibility index (Phi) is 3.58. The Morgan fingerprint density at radius 2 is 1.96 bits per heavy atom. The summed E-state index contributed by atoms with van der Waals surface area (Å²) in [6.45, 7) is 0.546. The summed E-state index contributed by atoms with van der Waals surface area (Å²) in [7, 11) is 0. The highest BCUT2D eigenvalue weighted by Gasteiger charge is 2.64. The first-order chi connectivity index (χ1) is 11.2. The molecule has 1 aromatic carbocycles. The number of hydrogen-bond acceptors (Lipinski definition) is 2. The van der Waals surface area contributed by atoms with Gasteiger partial charge in [0.1, 0.15) is 0 Å². The molecule has 128 valence electrons. The number of amides is 1. The van der Waals surface area contributed by atoms with Crippen LogP contribution in [0.5, 0.6) is 0 Å². The summed E-state index contributed by atoms with van der Waals surface area (Å²) in [4.78, 5) is 28.0. The molecule has 0 saturated carbocycles. The van der Waals surface area contributed by atoms with Gasteiger partial charge in [-0.1, -0.05) is 18.2 Å². The second-order valence-corrected chi connectivity index (χ2v) is 6.03. The van der Waals surface area contributed by atoms with Gasteiger partial charge in [-0.3, -0.25) is 9.59 Å². The van der Waals surface area contributed by atoms with E-state index in [1.165, 1.54) is 0 Å². The van der Waals surface area contributed by atoms with Crippen LogP contribution in [0.15, 0.2) is 24.3 Å². The molecule has 0 aliphatic carbocycles. The standard InChI is InChI=1S/C16H15F3N2O3/c1-9-12(10-4-2-3-5-11(10)20-9)13(22)21-7-6-15(8-21,14(23)24)16(17,18)19/h2-5,20H,6-8H2,1H3,(H,23,24). The molecule has 5 nitrogen and oxygen atoms in total. The number of halogens is 3. The van der Waals surface area contributed by atoms with Crippen molar-refractivity contribution in [1.82, 2.24) is 9.88 Å². The number of hydrogen-bond donors (Lipinski definition) is 2. The molecule has 1 fully saturated rings. The lowest BCUT2D eigenvalue weighted by atomic mass is 9.86. The average Bonchev–Trinajstić information content (AvgIpc) is 3.07. The van der Waals surface area contributed by atoms with E-state index in [0.29, 0.717) is 16.6 Å². The van der Waals surface area contributed by atoms with Gasteiger partial charge < -0.3 is 15.0 Å². The molecule has 2 N–H and O–H groups in total. The zero-order chi connectivity index (χ0) is 17.7. The Bertz CT molecular complexity index is 828. The molecular weight excluding hydrogens is 325 g/mol. The van der Waals surface area contributed by atoms with Gasteiger partial charge >= 0.3 is 12.1 Å². The van der Waals surface area contributed by atoms with Gasteiger partial charge in [-0.05, 0) is 19.4 Å². The van der Waals surface area contributed by atoms with Crippen molar-refractivity contribution in [2.24, 2.45) is 5.41 Å². The summed E-state index contributed by atoms with van der Waals surface area (Å²) < 4.78 is 39.8. The van der Waals surface area contributed by atoms with Crippen LogP contribution in [0, 0.1) is 12.3 Å². The molecular formula is C16H15F3N2O3. The molecule has 1 aromatic heterocycles. The highest BCUT2D eigenvalue weighted by Crippen LogP contribution is 2.46. The van der Waals surface area contributed by atoms with Crippen LogP contribution in [0.2, 0.25) is 0 Å². The number of likely N-dealkylation sites (tertiary alicyclic amines) is 1. The fourth-order valence-electron chi connectivity index (χ4n) is 3.22.